The summed E-state index contributed by atoms with van der Waals surface area (Å²) >= 11 is 0. The highest BCUT2D eigenvalue weighted by Gasteiger charge is 2.48. The summed E-state index contributed by atoms with van der Waals surface area (Å²) in [4.78, 5) is 17.8. The molecule has 10 nitrogen and oxygen atoms in total. The third kappa shape index (κ3) is 4.48. The summed E-state index contributed by atoms with van der Waals surface area (Å²) in [6.45, 7) is 5.83. The number of fused-ring (bicyclic) bond motifs is 7. The number of piperazine rings is 1. The van der Waals surface area contributed by atoms with E-state index in [0.717, 1.165) is 45.3 Å². The zero-order chi connectivity index (χ0) is 31.4. The number of halogens is 5. The van der Waals surface area contributed by atoms with Crippen molar-refractivity contribution >= 4 is 22.4 Å². The van der Waals surface area contributed by atoms with Crippen LogP contribution in [0.25, 0.3) is 22.2 Å². The van der Waals surface area contributed by atoms with Crippen LogP contribution in [-0.4, -0.2) is 89.1 Å². The molecule has 0 saturated carbocycles. The van der Waals surface area contributed by atoms with Crippen LogP contribution in [0.2, 0.25) is 0 Å². The molecule has 7 atom stereocenters. The van der Waals surface area contributed by atoms with Gasteiger partial charge in [-0.25, -0.2) is 13.8 Å². The molecule has 15 heteroatoms. The van der Waals surface area contributed by atoms with Crippen LogP contribution in [0, 0.1) is 18.6 Å². The van der Waals surface area contributed by atoms with Crippen LogP contribution < -0.4 is 25.4 Å². The molecule has 4 saturated heterocycles. The minimum Gasteiger partial charge on any atom is -0.472 e. The summed E-state index contributed by atoms with van der Waals surface area (Å²) < 4.78 is 92.8. The molecule has 5 aliphatic rings. The average Bonchev–Trinajstić information content (AvgIpc) is 3.43. The van der Waals surface area contributed by atoms with Crippen molar-refractivity contribution in [3.05, 3.63) is 28.8 Å². The van der Waals surface area contributed by atoms with Gasteiger partial charge in [0.05, 0.1) is 36.0 Å². The normalized spacial score (nSPS) is 30.3. The second-order valence-electron chi connectivity index (χ2n) is 12.6. The topological polar surface area (TPSA) is 111 Å². The van der Waals surface area contributed by atoms with Gasteiger partial charge in [-0.3, -0.25) is 4.90 Å². The molecule has 3 N–H and O–H groups in total. The lowest BCUT2D eigenvalue weighted by atomic mass is 9.96. The second-order valence-corrected chi connectivity index (χ2v) is 12.6. The monoisotopic (exact) mass is 633 g/mol. The molecule has 240 valence electrons. The van der Waals surface area contributed by atoms with Crippen molar-refractivity contribution in [2.45, 2.75) is 75.7 Å². The number of aromatic nitrogens is 3. The van der Waals surface area contributed by atoms with Crippen LogP contribution in [0.5, 0.6) is 11.9 Å². The average molecular weight is 634 g/mol. The Morgan fingerprint density at radius 3 is 2.71 bits per heavy atom. The molecule has 2 aromatic heterocycles. The van der Waals surface area contributed by atoms with Gasteiger partial charge in [0.15, 0.2) is 5.82 Å². The Bertz CT molecular complexity index is 1690. The smallest absolute Gasteiger partial charge is 0.417 e. The van der Waals surface area contributed by atoms with Gasteiger partial charge in [-0.2, -0.15) is 23.1 Å². The number of hydrogen-bond acceptors (Lipinski definition) is 10. The van der Waals surface area contributed by atoms with Crippen molar-refractivity contribution in [1.29, 1.82) is 0 Å². The van der Waals surface area contributed by atoms with Crippen LogP contribution in [-0.2, 0) is 10.9 Å². The fraction of sp³-hybridized carbons (Fsp3) is 0.567. The van der Waals surface area contributed by atoms with Gasteiger partial charge in [0, 0.05) is 37.3 Å². The number of hydrogen-bond donors (Lipinski definition) is 2. The molecule has 1 aromatic carbocycles. The zero-order valence-corrected chi connectivity index (χ0v) is 24.6. The van der Waals surface area contributed by atoms with Crippen LogP contribution in [0.1, 0.15) is 37.3 Å². The van der Waals surface area contributed by atoms with Gasteiger partial charge in [0.25, 0.3) is 0 Å². The summed E-state index contributed by atoms with van der Waals surface area (Å²) in [5.41, 5.74) is 1.35. The Hall–Kier alpha value is -3.56. The van der Waals surface area contributed by atoms with Gasteiger partial charge in [0.1, 0.15) is 40.9 Å². The lowest BCUT2D eigenvalue weighted by Crippen LogP contribution is -2.62. The Kier molecular flexibility index (Phi) is 6.56. The molecule has 8 rings (SSSR count). The fourth-order valence-corrected chi connectivity index (χ4v) is 7.96. The number of alkyl halides is 3. The SMILES string of the molecule is Cc1c(F)c(N)cc(-c2nc3c4c(nc(OC[C@@H]5[C@@H]6CCN5CCO6)nc4c2F)N2C[C@H]4CC[C@H](N4)[C@H]2[C@H](C)O3)c1C(F)(F)F. The molecule has 4 fully saturated rings. The molecule has 4 bridgehead atoms. The number of rotatable bonds is 4. The molecule has 0 radical (unpaired) electrons. The van der Waals surface area contributed by atoms with Gasteiger partial charge in [-0.1, -0.05) is 0 Å². The first-order valence-electron chi connectivity index (χ1n) is 15.2. The molecule has 3 aromatic rings. The van der Waals surface area contributed by atoms with Crippen molar-refractivity contribution < 1.29 is 36.2 Å². The summed E-state index contributed by atoms with van der Waals surface area (Å²) in [7, 11) is 0. The highest BCUT2D eigenvalue weighted by molar-refractivity contribution is 5.97. The predicted molar refractivity (Wildman–Crippen MR) is 153 cm³/mol. The van der Waals surface area contributed by atoms with E-state index in [9.17, 15) is 17.6 Å². The Balaban J connectivity index is 1.32. The van der Waals surface area contributed by atoms with E-state index >= 15 is 4.39 Å². The number of anilines is 2. The Morgan fingerprint density at radius 2 is 1.93 bits per heavy atom. The van der Waals surface area contributed by atoms with Crippen LogP contribution >= 0.6 is 0 Å². The number of benzene rings is 1. The minimum absolute atomic E-state index is 0.00436. The molecule has 0 aliphatic carbocycles. The summed E-state index contributed by atoms with van der Waals surface area (Å²) in [6, 6.07) is 0.610. The van der Waals surface area contributed by atoms with Gasteiger partial charge in [-0.05, 0) is 44.7 Å². The molecular weight excluding hydrogens is 601 g/mol. The predicted octanol–water partition coefficient (Wildman–Crippen LogP) is 3.82. The van der Waals surface area contributed by atoms with Crippen molar-refractivity contribution in [1.82, 2.24) is 25.2 Å². The number of nitrogen functional groups attached to an aromatic ring is 1. The number of ether oxygens (including phenoxy) is 3. The standard InChI is InChI=1S/C30H32F5N7O3/c1-12-21(30(33,34)35)15(9-16(36)22(12)31)24-23(32)25-20-27(40-29(39-25)44-11-18-19-5-6-41(18)7-8-43-19)42-10-14-3-4-17(37-14)26(42)13(2)45-28(20)38-24/h9,13-14,17-19,26,37H,3-8,10-11,36H2,1-2H3/t13-,14+,17-,18+,19-,26+/m0/s1. The van der Waals surface area contributed by atoms with E-state index in [0.29, 0.717) is 19.0 Å². The minimum atomic E-state index is -5.04. The molecule has 0 spiro atoms. The lowest BCUT2D eigenvalue weighted by Gasteiger charge is -2.42. The lowest BCUT2D eigenvalue weighted by molar-refractivity contribution is -0.137. The maximum Gasteiger partial charge on any atom is 0.417 e. The van der Waals surface area contributed by atoms with E-state index in [1.165, 1.54) is 0 Å². The number of pyridine rings is 1. The first-order valence-corrected chi connectivity index (χ1v) is 15.2. The van der Waals surface area contributed by atoms with Crippen molar-refractivity contribution in [3.63, 3.8) is 0 Å². The van der Waals surface area contributed by atoms with E-state index < -0.39 is 52.0 Å². The Morgan fingerprint density at radius 1 is 1.11 bits per heavy atom. The second kappa shape index (κ2) is 10.2. The van der Waals surface area contributed by atoms with E-state index in [1.807, 2.05) is 6.92 Å². The van der Waals surface area contributed by atoms with Crippen LogP contribution in [0.15, 0.2) is 6.07 Å². The summed E-state index contributed by atoms with van der Waals surface area (Å²) in [6.07, 6.45) is -2.83. The van der Waals surface area contributed by atoms with Crippen LogP contribution in [0.3, 0.4) is 0 Å². The molecular formula is C30H32F5N7O3. The van der Waals surface area contributed by atoms with Crippen molar-refractivity contribution in [2.24, 2.45) is 0 Å². The number of nitrogens with two attached hydrogens (primary N) is 1. The number of nitrogens with one attached hydrogen (secondary N) is 1. The molecule has 7 heterocycles. The summed E-state index contributed by atoms with van der Waals surface area (Å²) in [5.74, 6) is -2.13. The molecule has 5 aliphatic heterocycles. The molecule has 1 unspecified atom stereocenters. The van der Waals surface area contributed by atoms with Gasteiger partial charge < -0.3 is 30.2 Å². The van der Waals surface area contributed by atoms with Gasteiger partial charge >= 0.3 is 12.2 Å². The Labute approximate surface area is 255 Å². The third-order valence-electron chi connectivity index (χ3n) is 9.99. The van der Waals surface area contributed by atoms with E-state index in [-0.39, 0.29) is 59.7 Å². The molecule has 0 amide bonds. The third-order valence-corrected chi connectivity index (χ3v) is 9.99. The number of nitrogens with zero attached hydrogens (tertiary/aromatic N) is 5. The largest absolute Gasteiger partial charge is 0.472 e. The van der Waals surface area contributed by atoms with E-state index in [1.54, 1.807) is 0 Å². The zero-order valence-electron chi connectivity index (χ0n) is 24.6. The first-order chi connectivity index (χ1) is 21.5. The number of morpholine rings is 1. The maximum absolute atomic E-state index is 16.7. The van der Waals surface area contributed by atoms with E-state index in [2.05, 4.69) is 25.1 Å². The highest BCUT2D eigenvalue weighted by Crippen LogP contribution is 2.47. The van der Waals surface area contributed by atoms with Crippen molar-refractivity contribution in [3.8, 4) is 23.1 Å². The quantitative estimate of drug-likeness (QED) is 0.325. The molecule has 45 heavy (non-hydrogen) atoms. The van der Waals surface area contributed by atoms with Crippen LogP contribution in [0.4, 0.5) is 33.5 Å². The van der Waals surface area contributed by atoms with Crippen molar-refractivity contribution in [2.75, 3.05) is 43.5 Å². The fourth-order valence-electron chi connectivity index (χ4n) is 7.96. The maximum atomic E-state index is 16.7. The van der Waals surface area contributed by atoms with Gasteiger partial charge in [-0.15, -0.1) is 0 Å². The first kappa shape index (κ1) is 28.9. The highest BCUT2D eigenvalue weighted by atomic mass is 19.4. The van der Waals surface area contributed by atoms with E-state index in [4.69, 9.17) is 24.9 Å². The summed E-state index contributed by atoms with van der Waals surface area (Å²) in [5, 5.41) is 3.75. The van der Waals surface area contributed by atoms with Gasteiger partial charge in [0.2, 0.25) is 5.88 Å².